The molecule has 0 radical (unpaired) electrons. The summed E-state index contributed by atoms with van der Waals surface area (Å²) < 4.78 is 5.95. The summed E-state index contributed by atoms with van der Waals surface area (Å²) in [5.41, 5.74) is 2.30. The van der Waals surface area contributed by atoms with Crippen molar-refractivity contribution < 1.29 is 4.74 Å². The summed E-state index contributed by atoms with van der Waals surface area (Å²) in [6.45, 7) is 5.75. The second-order valence-electron chi connectivity index (χ2n) is 5.21. The quantitative estimate of drug-likeness (QED) is 0.793. The molecule has 0 bridgehead atoms. The highest BCUT2D eigenvalue weighted by Gasteiger charge is 2.05. The Morgan fingerprint density at radius 1 is 1.10 bits per heavy atom. The lowest BCUT2D eigenvalue weighted by atomic mass is 10.1. The molecule has 0 unspecified atom stereocenters. The van der Waals surface area contributed by atoms with Crippen LogP contribution in [0.15, 0.2) is 48.5 Å². The number of ether oxygens (including phenoxy) is 1. The van der Waals surface area contributed by atoms with E-state index in [1.807, 2.05) is 42.5 Å². The second kappa shape index (κ2) is 8.06. The first kappa shape index (κ1) is 15.9. The van der Waals surface area contributed by atoms with Gasteiger partial charge in [0.2, 0.25) is 0 Å². The average molecular weight is 304 g/mol. The number of hydrogen-bond donors (Lipinski definition) is 1. The number of hydrogen-bond acceptors (Lipinski definition) is 2. The predicted octanol–water partition coefficient (Wildman–Crippen LogP) is 4.81. The lowest BCUT2D eigenvalue weighted by molar-refractivity contribution is 0.301. The number of para-hydroxylation sites is 1. The van der Waals surface area contributed by atoms with Gasteiger partial charge in [0, 0.05) is 23.2 Å². The van der Waals surface area contributed by atoms with Gasteiger partial charge in [-0.1, -0.05) is 48.9 Å². The summed E-state index contributed by atoms with van der Waals surface area (Å²) >= 11 is 5.89. The molecule has 0 heterocycles. The highest BCUT2D eigenvalue weighted by atomic mass is 35.5. The Hall–Kier alpha value is -1.51. The molecule has 0 aliphatic rings. The third-order valence-corrected chi connectivity index (χ3v) is 3.79. The summed E-state index contributed by atoms with van der Waals surface area (Å²) in [6.07, 6.45) is 1.12. The Morgan fingerprint density at radius 2 is 1.81 bits per heavy atom. The SMILES string of the molecule is CC[C@H](C)NCc1ccccc1OCc1ccc(Cl)cc1. The molecule has 0 amide bonds. The molecule has 1 atom stereocenters. The summed E-state index contributed by atoms with van der Waals surface area (Å²) in [7, 11) is 0. The van der Waals surface area contributed by atoms with Crippen molar-refractivity contribution in [3.05, 3.63) is 64.7 Å². The highest BCUT2D eigenvalue weighted by Crippen LogP contribution is 2.20. The van der Waals surface area contributed by atoms with Crippen molar-refractivity contribution in [2.45, 2.75) is 39.5 Å². The van der Waals surface area contributed by atoms with Crippen molar-refractivity contribution in [2.75, 3.05) is 0 Å². The first-order valence-electron chi connectivity index (χ1n) is 7.37. The van der Waals surface area contributed by atoms with Gasteiger partial charge in [0.1, 0.15) is 12.4 Å². The van der Waals surface area contributed by atoms with Gasteiger partial charge >= 0.3 is 0 Å². The van der Waals surface area contributed by atoms with Crippen LogP contribution in [0.1, 0.15) is 31.4 Å². The highest BCUT2D eigenvalue weighted by molar-refractivity contribution is 6.30. The Balaban J connectivity index is 1.97. The van der Waals surface area contributed by atoms with Crippen molar-refractivity contribution in [3.8, 4) is 5.75 Å². The van der Waals surface area contributed by atoms with E-state index in [9.17, 15) is 0 Å². The van der Waals surface area contributed by atoms with Crippen LogP contribution in [-0.4, -0.2) is 6.04 Å². The van der Waals surface area contributed by atoms with Crippen LogP contribution < -0.4 is 10.1 Å². The van der Waals surface area contributed by atoms with E-state index in [-0.39, 0.29) is 0 Å². The Labute approximate surface area is 132 Å². The molecule has 0 aliphatic carbocycles. The van der Waals surface area contributed by atoms with Crippen LogP contribution in [0.3, 0.4) is 0 Å². The minimum atomic E-state index is 0.509. The van der Waals surface area contributed by atoms with E-state index in [4.69, 9.17) is 16.3 Å². The van der Waals surface area contributed by atoms with Crippen molar-refractivity contribution in [1.82, 2.24) is 5.32 Å². The van der Waals surface area contributed by atoms with E-state index in [1.54, 1.807) is 0 Å². The second-order valence-corrected chi connectivity index (χ2v) is 5.65. The molecule has 1 N–H and O–H groups in total. The summed E-state index contributed by atoms with van der Waals surface area (Å²) in [6, 6.07) is 16.4. The molecule has 2 rings (SSSR count). The lowest BCUT2D eigenvalue weighted by Gasteiger charge is -2.15. The molecule has 21 heavy (non-hydrogen) atoms. The molecular weight excluding hydrogens is 282 g/mol. The summed E-state index contributed by atoms with van der Waals surface area (Å²) in [5, 5.41) is 4.24. The zero-order chi connectivity index (χ0) is 15.1. The summed E-state index contributed by atoms with van der Waals surface area (Å²) in [4.78, 5) is 0. The average Bonchev–Trinajstić information content (AvgIpc) is 2.52. The molecule has 2 aromatic rings. The number of rotatable bonds is 7. The van der Waals surface area contributed by atoms with Gasteiger partial charge < -0.3 is 10.1 Å². The van der Waals surface area contributed by atoms with Crippen LogP contribution in [0.2, 0.25) is 5.02 Å². The third-order valence-electron chi connectivity index (χ3n) is 3.53. The maximum atomic E-state index is 5.95. The molecule has 2 aromatic carbocycles. The third kappa shape index (κ3) is 5.07. The van der Waals surface area contributed by atoms with Gasteiger partial charge in [0.15, 0.2) is 0 Å². The van der Waals surface area contributed by atoms with Crippen LogP contribution in [0, 0.1) is 0 Å². The van der Waals surface area contributed by atoms with Crippen LogP contribution in [0.4, 0.5) is 0 Å². The molecule has 0 spiro atoms. The minimum absolute atomic E-state index is 0.509. The first-order valence-corrected chi connectivity index (χ1v) is 7.75. The van der Waals surface area contributed by atoms with Crippen molar-refractivity contribution in [2.24, 2.45) is 0 Å². The van der Waals surface area contributed by atoms with Gasteiger partial charge in [-0.25, -0.2) is 0 Å². The van der Waals surface area contributed by atoms with E-state index in [0.717, 1.165) is 29.3 Å². The first-order chi connectivity index (χ1) is 10.2. The lowest BCUT2D eigenvalue weighted by Crippen LogP contribution is -2.24. The zero-order valence-electron chi connectivity index (χ0n) is 12.6. The van der Waals surface area contributed by atoms with Crippen LogP contribution in [0.25, 0.3) is 0 Å². The van der Waals surface area contributed by atoms with Crippen LogP contribution in [0.5, 0.6) is 5.75 Å². The van der Waals surface area contributed by atoms with Crippen LogP contribution in [-0.2, 0) is 13.2 Å². The van der Waals surface area contributed by atoms with E-state index < -0.39 is 0 Å². The van der Waals surface area contributed by atoms with E-state index in [0.29, 0.717) is 12.6 Å². The van der Waals surface area contributed by atoms with Crippen molar-refractivity contribution in [3.63, 3.8) is 0 Å². The summed E-state index contributed by atoms with van der Waals surface area (Å²) in [5.74, 6) is 0.934. The fraction of sp³-hybridized carbons (Fsp3) is 0.333. The molecule has 112 valence electrons. The van der Waals surface area contributed by atoms with Crippen molar-refractivity contribution in [1.29, 1.82) is 0 Å². The molecule has 0 fully saturated rings. The Bertz CT molecular complexity index is 553. The number of nitrogens with one attached hydrogen (secondary N) is 1. The van der Waals surface area contributed by atoms with Gasteiger partial charge in [-0.2, -0.15) is 0 Å². The standard InChI is InChI=1S/C18H22ClNO/c1-3-14(2)20-12-16-6-4-5-7-18(16)21-13-15-8-10-17(19)11-9-15/h4-11,14,20H,3,12-13H2,1-2H3/t14-/m0/s1. The number of halogens is 1. The van der Waals surface area contributed by atoms with E-state index in [2.05, 4.69) is 25.2 Å². The minimum Gasteiger partial charge on any atom is -0.489 e. The largest absolute Gasteiger partial charge is 0.489 e. The fourth-order valence-corrected chi connectivity index (χ4v) is 2.09. The fourth-order valence-electron chi connectivity index (χ4n) is 1.96. The maximum Gasteiger partial charge on any atom is 0.124 e. The van der Waals surface area contributed by atoms with Gasteiger partial charge in [-0.15, -0.1) is 0 Å². The molecule has 0 saturated heterocycles. The molecule has 0 saturated carbocycles. The van der Waals surface area contributed by atoms with E-state index in [1.165, 1.54) is 5.56 Å². The molecular formula is C18H22ClNO. The monoisotopic (exact) mass is 303 g/mol. The molecule has 3 heteroatoms. The smallest absolute Gasteiger partial charge is 0.124 e. The normalized spacial score (nSPS) is 12.1. The Kier molecular flexibility index (Phi) is 6.09. The Morgan fingerprint density at radius 3 is 2.52 bits per heavy atom. The van der Waals surface area contributed by atoms with Crippen molar-refractivity contribution >= 4 is 11.6 Å². The maximum absolute atomic E-state index is 5.95. The van der Waals surface area contributed by atoms with Gasteiger partial charge in [0.05, 0.1) is 0 Å². The predicted molar refractivity (Wildman–Crippen MR) is 88.8 cm³/mol. The molecule has 0 aliphatic heterocycles. The molecule has 0 aromatic heterocycles. The van der Waals surface area contributed by atoms with Crippen LogP contribution >= 0.6 is 11.6 Å². The van der Waals surface area contributed by atoms with E-state index >= 15 is 0 Å². The number of benzene rings is 2. The zero-order valence-corrected chi connectivity index (χ0v) is 13.4. The molecule has 2 nitrogen and oxygen atoms in total. The van der Waals surface area contributed by atoms with Gasteiger partial charge in [-0.05, 0) is 37.1 Å². The van der Waals surface area contributed by atoms with Gasteiger partial charge in [-0.3, -0.25) is 0 Å². The topological polar surface area (TPSA) is 21.3 Å². The van der Waals surface area contributed by atoms with Gasteiger partial charge in [0.25, 0.3) is 0 Å².